The summed E-state index contributed by atoms with van der Waals surface area (Å²) >= 11 is 0. The Kier molecular flexibility index (Phi) is 6.11. The molecule has 0 radical (unpaired) electrons. The number of nitrogens with two attached hydrogens (primary N) is 1. The van der Waals surface area contributed by atoms with Crippen molar-refractivity contribution >= 4 is 5.91 Å². The van der Waals surface area contributed by atoms with Crippen LogP contribution in [0.3, 0.4) is 0 Å². The molecule has 0 aliphatic rings. The van der Waals surface area contributed by atoms with Gasteiger partial charge in [-0.25, -0.2) is 4.39 Å². The molecule has 4 nitrogen and oxygen atoms in total. The molecule has 5 heteroatoms. The molecule has 0 aromatic heterocycles. The van der Waals surface area contributed by atoms with Crippen LogP contribution < -0.4 is 15.8 Å². The first-order valence-electron chi connectivity index (χ1n) is 7.54. The largest absolute Gasteiger partial charge is 0.488 e. The maximum absolute atomic E-state index is 13.7. The summed E-state index contributed by atoms with van der Waals surface area (Å²) in [7, 11) is 0. The Morgan fingerprint density at radius 3 is 2.48 bits per heavy atom. The van der Waals surface area contributed by atoms with E-state index in [0.717, 1.165) is 5.56 Å². The van der Waals surface area contributed by atoms with Crippen LogP contribution in [-0.2, 0) is 4.79 Å². The summed E-state index contributed by atoms with van der Waals surface area (Å²) in [5.41, 5.74) is 6.42. The third-order valence-corrected chi connectivity index (χ3v) is 3.56. The van der Waals surface area contributed by atoms with Crippen molar-refractivity contribution in [1.82, 2.24) is 5.32 Å². The summed E-state index contributed by atoms with van der Waals surface area (Å²) in [6, 6.07) is 15.2. The van der Waals surface area contributed by atoms with Crippen LogP contribution in [0.1, 0.15) is 18.5 Å². The Hall–Kier alpha value is -2.40. The highest BCUT2D eigenvalue weighted by Gasteiger charge is 2.19. The summed E-state index contributed by atoms with van der Waals surface area (Å²) < 4.78 is 19.2. The highest BCUT2D eigenvalue weighted by molar-refractivity contribution is 5.79. The number of hydrogen-bond acceptors (Lipinski definition) is 3. The molecular formula is C18H21FN2O2. The predicted molar refractivity (Wildman–Crippen MR) is 87.4 cm³/mol. The molecule has 2 aromatic carbocycles. The van der Waals surface area contributed by atoms with E-state index in [-0.39, 0.29) is 36.8 Å². The molecule has 0 bridgehead atoms. The summed E-state index contributed by atoms with van der Waals surface area (Å²) in [4.78, 5) is 12.1. The number of rotatable bonds is 7. The number of carbonyl (C=O) groups is 1. The van der Waals surface area contributed by atoms with Crippen LogP contribution in [0.5, 0.6) is 5.75 Å². The first kappa shape index (κ1) is 17.0. The SMILES string of the molecule is CC(CN)C(=O)NC(COc1ccccc1F)c1ccccc1. The van der Waals surface area contributed by atoms with Gasteiger partial charge in [-0.2, -0.15) is 0 Å². The van der Waals surface area contributed by atoms with E-state index >= 15 is 0 Å². The highest BCUT2D eigenvalue weighted by Crippen LogP contribution is 2.19. The van der Waals surface area contributed by atoms with Gasteiger partial charge in [-0.05, 0) is 17.7 Å². The van der Waals surface area contributed by atoms with E-state index in [9.17, 15) is 9.18 Å². The van der Waals surface area contributed by atoms with Crippen LogP contribution >= 0.6 is 0 Å². The topological polar surface area (TPSA) is 64.4 Å². The Bertz CT molecular complexity index is 634. The Morgan fingerprint density at radius 2 is 1.83 bits per heavy atom. The second kappa shape index (κ2) is 8.29. The van der Waals surface area contributed by atoms with Crippen LogP contribution in [0.2, 0.25) is 0 Å². The zero-order valence-corrected chi connectivity index (χ0v) is 13.0. The van der Waals surface area contributed by atoms with Crippen LogP contribution in [0.15, 0.2) is 54.6 Å². The third kappa shape index (κ3) is 4.79. The van der Waals surface area contributed by atoms with E-state index in [2.05, 4.69) is 5.32 Å². The zero-order chi connectivity index (χ0) is 16.7. The Balaban J connectivity index is 2.11. The van der Waals surface area contributed by atoms with Crippen LogP contribution in [-0.4, -0.2) is 19.1 Å². The molecule has 122 valence electrons. The maximum atomic E-state index is 13.7. The van der Waals surface area contributed by atoms with Gasteiger partial charge in [-0.1, -0.05) is 49.4 Å². The van der Waals surface area contributed by atoms with Crippen molar-refractivity contribution in [3.05, 3.63) is 66.0 Å². The van der Waals surface area contributed by atoms with Gasteiger partial charge < -0.3 is 15.8 Å². The normalized spacial score (nSPS) is 13.2. The lowest BCUT2D eigenvalue weighted by molar-refractivity contribution is -0.125. The second-order valence-electron chi connectivity index (χ2n) is 5.35. The van der Waals surface area contributed by atoms with Gasteiger partial charge in [0, 0.05) is 12.5 Å². The minimum Gasteiger partial charge on any atom is -0.488 e. The lowest BCUT2D eigenvalue weighted by atomic mass is 10.1. The van der Waals surface area contributed by atoms with Crippen molar-refractivity contribution in [3.8, 4) is 5.75 Å². The molecule has 2 aromatic rings. The van der Waals surface area contributed by atoms with Crippen molar-refractivity contribution in [3.63, 3.8) is 0 Å². The van der Waals surface area contributed by atoms with E-state index in [1.807, 2.05) is 30.3 Å². The monoisotopic (exact) mass is 316 g/mol. The number of para-hydroxylation sites is 1. The van der Waals surface area contributed by atoms with Crippen LogP contribution in [0.25, 0.3) is 0 Å². The lowest BCUT2D eigenvalue weighted by Crippen LogP contribution is -2.38. The molecule has 1 amide bonds. The van der Waals surface area contributed by atoms with E-state index in [1.54, 1.807) is 25.1 Å². The predicted octanol–water partition coefficient (Wildman–Crippen LogP) is 2.66. The number of hydrogen-bond donors (Lipinski definition) is 2. The molecular weight excluding hydrogens is 295 g/mol. The fourth-order valence-electron chi connectivity index (χ4n) is 2.06. The van der Waals surface area contributed by atoms with E-state index in [0.29, 0.717) is 0 Å². The molecule has 0 saturated heterocycles. The van der Waals surface area contributed by atoms with Crippen molar-refractivity contribution in [2.75, 3.05) is 13.2 Å². The number of benzene rings is 2. The molecule has 0 aliphatic heterocycles. The average Bonchev–Trinajstić information content (AvgIpc) is 2.59. The number of halogens is 1. The lowest BCUT2D eigenvalue weighted by Gasteiger charge is -2.21. The minimum absolute atomic E-state index is 0.133. The average molecular weight is 316 g/mol. The van der Waals surface area contributed by atoms with Crippen molar-refractivity contribution in [1.29, 1.82) is 0 Å². The molecule has 2 rings (SSSR count). The van der Waals surface area contributed by atoms with Gasteiger partial charge in [-0.3, -0.25) is 4.79 Å². The molecule has 0 aliphatic carbocycles. The molecule has 23 heavy (non-hydrogen) atoms. The molecule has 0 fully saturated rings. The first-order chi connectivity index (χ1) is 11.1. The molecule has 0 heterocycles. The Labute approximate surface area is 135 Å². The van der Waals surface area contributed by atoms with Gasteiger partial charge in [0.2, 0.25) is 5.91 Å². The van der Waals surface area contributed by atoms with Gasteiger partial charge >= 0.3 is 0 Å². The molecule has 3 N–H and O–H groups in total. The fourth-order valence-corrected chi connectivity index (χ4v) is 2.06. The zero-order valence-electron chi connectivity index (χ0n) is 13.0. The number of nitrogens with one attached hydrogen (secondary N) is 1. The Morgan fingerprint density at radius 1 is 1.17 bits per heavy atom. The fraction of sp³-hybridized carbons (Fsp3) is 0.278. The van der Waals surface area contributed by atoms with Crippen molar-refractivity contribution in [2.24, 2.45) is 11.7 Å². The molecule has 0 saturated carbocycles. The van der Waals surface area contributed by atoms with E-state index in [1.165, 1.54) is 6.07 Å². The van der Waals surface area contributed by atoms with Gasteiger partial charge in [0.15, 0.2) is 11.6 Å². The van der Waals surface area contributed by atoms with E-state index in [4.69, 9.17) is 10.5 Å². The first-order valence-corrected chi connectivity index (χ1v) is 7.54. The molecule has 0 spiro atoms. The summed E-state index contributed by atoms with van der Waals surface area (Å²) in [6.45, 7) is 2.16. The second-order valence-corrected chi connectivity index (χ2v) is 5.35. The smallest absolute Gasteiger partial charge is 0.224 e. The van der Waals surface area contributed by atoms with Gasteiger partial charge in [0.05, 0.1) is 6.04 Å². The van der Waals surface area contributed by atoms with Gasteiger partial charge in [-0.15, -0.1) is 0 Å². The summed E-state index contributed by atoms with van der Waals surface area (Å²) in [5.74, 6) is -0.719. The van der Waals surface area contributed by atoms with E-state index < -0.39 is 5.82 Å². The van der Waals surface area contributed by atoms with Crippen LogP contribution in [0.4, 0.5) is 4.39 Å². The summed E-state index contributed by atoms with van der Waals surface area (Å²) in [6.07, 6.45) is 0. The summed E-state index contributed by atoms with van der Waals surface area (Å²) in [5, 5.41) is 2.91. The molecule has 2 unspecified atom stereocenters. The number of ether oxygens (including phenoxy) is 1. The van der Waals surface area contributed by atoms with Crippen molar-refractivity contribution in [2.45, 2.75) is 13.0 Å². The highest BCUT2D eigenvalue weighted by atomic mass is 19.1. The van der Waals surface area contributed by atoms with Crippen LogP contribution in [0, 0.1) is 11.7 Å². The number of amides is 1. The standard InChI is InChI=1S/C18H21FN2O2/c1-13(11-20)18(22)21-16(14-7-3-2-4-8-14)12-23-17-10-6-5-9-15(17)19/h2-10,13,16H,11-12,20H2,1H3,(H,21,22). The van der Waals surface area contributed by atoms with Crippen molar-refractivity contribution < 1.29 is 13.9 Å². The molecule has 2 atom stereocenters. The third-order valence-electron chi connectivity index (χ3n) is 3.56. The number of carbonyl (C=O) groups excluding carboxylic acids is 1. The van der Waals surface area contributed by atoms with Gasteiger partial charge in [0.1, 0.15) is 6.61 Å². The minimum atomic E-state index is -0.430. The maximum Gasteiger partial charge on any atom is 0.224 e. The van der Waals surface area contributed by atoms with Gasteiger partial charge in [0.25, 0.3) is 0 Å². The quantitative estimate of drug-likeness (QED) is 0.825.